The summed E-state index contributed by atoms with van der Waals surface area (Å²) >= 11 is 4.66. The van der Waals surface area contributed by atoms with Gasteiger partial charge in [-0.05, 0) is 30.7 Å². The summed E-state index contributed by atoms with van der Waals surface area (Å²) in [6.45, 7) is 2.05. The molecule has 2 N–H and O–H groups in total. The SMILES string of the molecule is CCCc1nn2c(N)c(/C=C3\C=C(Br)C=CC3=O)c(=O)nc2s1. The second-order valence-corrected chi connectivity index (χ2v) is 6.94. The highest BCUT2D eigenvalue weighted by atomic mass is 79.9. The summed E-state index contributed by atoms with van der Waals surface area (Å²) in [7, 11) is 0. The van der Waals surface area contributed by atoms with E-state index in [9.17, 15) is 9.59 Å². The predicted molar refractivity (Wildman–Crippen MR) is 94.7 cm³/mol. The van der Waals surface area contributed by atoms with Gasteiger partial charge in [-0.3, -0.25) is 9.59 Å². The summed E-state index contributed by atoms with van der Waals surface area (Å²) < 4.78 is 2.21. The minimum Gasteiger partial charge on any atom is -0.383 e. The van der Waals surface area contributed by atoms with Gasteiger partial charge >= 0.3 is 0 Å². The number of ketones is 1. The fraction of sp³-hybridized carbons (Fsp3) is 0.200. The number of carbonyl (C=O) groups excluding carboxylic acids is 1. The van der Waals surface area contributed by atoms with Gasteiger partial charge in [0, 0.05) is 16.5 Å². The first-order chi connectivity index (χ1) is 11.0. The summed E-state index contributed by atoms with van der Waals surface area (Å²) in [5.74, 6) is 0.0000235. The maximum absolute atomic E-state index is 12.3. The van der Waals surface area contributed by atoms with Crippen LogP contribution in [0.25, 0.3) is 11.0 Å². The molecule has 2 heterocycles. The van der Waals surface area contributed by atoms with Crippen LogP contribution in [0.15, 0.2) is 33.1 Å². The molecule has 1 aliphatic rings. The van der Waals surface area contributed by atoms with Gasteiger partial charge in [0.2, 0.25) is 4.96 Å². The average molecular weight is 393 g/mol. The van der Waals surface area contributed by atoms with Crippen LogP contribution in [-0.4, -0.2) is 20.4 Å². The van der Waals surface area contributed by atoms with Crippen molar-refractivity contribution in [3.8, 4) is 0 Å². The number of allylic oxidation sites excluding steroid dienone is 5. The first-order valence-corrected chi connectivity index (χ1v) is 8.60. The molecule has 1 aliphatic carbocycles. The van der Waals surface area contributed by atoms with Crippen LogP contribution in [0.1, 0.15) is 23.9 Å². The Bertz CT molecular complexity index is 952. The van der Waals surface area contributed by atoms with E-state index in [4.69, 9.17) is 5.73 Å². The molecule has 0 aromatic carbocycles. The van der Waals surface area contributed by atoms with E-state index in [-0.39, 0.29) is 17.2 Å². The number of anilines is 1. The molecule has 0 aliphatic heterocycles. The molecule has 6 nitrogen and oxygen atoms in total. The first-order valence-electron chi connectivity index (χ1n) is 6.99. The van der Waals surface area contributed by atoms with Crippen molar-refractivity contribution < 1.29 is 4.79 Å². The first kappa shape index (κ1) is 15.8. The standard InChI is InChI=1S/C15H13BrN4O2S/c1-2-3-12-19-20-13(17)10(14(22)18-15(20)23-12)7-8-6-9(16)4-5-11(8)21/h4-7H,2-3,17H2,1H3/b8-7+. The van der Waals surface area contributed by atoms with Crippen molar-refractivity contribution in [2.24, 2.45) is 0 Å². The molecule has 118 valence electrons. The Morgan fingerprint density at radius 2 is 2.17 bits per heavy atom. The van der Waals surface area contributed by atoms with Crippen molar-refractivity contribution in [2.75, 3.05) is 5.73 Å². The average Bonchev–Trinajstić information content (AvgIpc) is 2.90. The molecule has 23 heavy (non-hydrogen) atoms. The van der Waals surface area contributed by atoms with Gasteiger partial charge in [0.25, 0.3) is 5.56 Å². The number of nitrogens with zero attached hydrogens (tertiary/aromatic N) is 3. The fourth-order valence-electron chi connectivity index (χ4n) is 2.16. The van der Waals surface area contributed by atoms with E-state index in [1.807, 2.05) is 0 Å². The minimum absolute atomic E-state index is 0.172. The lowest BCUT2D eigenvalue weighted by atomic mass is 10.0. The monoisotopic (exact) mass is 392 g/mol. The Morgan fingerprint density at radius 3 is 2.91 bits per heavy atom. The third-order valence-corrected chi connectivity index (χ3v) is 4.73. The number of aryl methyl sites for hydroxylation is 1. The predicted octanol–water partition coefficient (Wildman–Crippen LogP) is 2.49. The fourth-order valence-corrected chi connectivity index (χ4v) is 3.53. The molecule has 2 aromatic heterocycles. The highest BCUT2D eigenvalue weighted by Gasteiger charge is 2.16. The van der Waals surface area contributed by atoms with Crippen molar-refractivity contribution in [1.82, 2.24) is 14.6 Å². The van der Waals surface area contributed by atoms with Crippen molar-refractivity contribution in [3.63, 3.8) is 0 Å². The molecule has 0 amide bonds. The van der Waals surface area contributed by atoms with E-state index in [0.29, 0.717) is 10.5 Å². The Hall–Kier alpha value is -2.06. The molecule has 2 aromatic rings. The Kier molecular flexibility index (Phi) is 4.27. The normalized spacial score (nSPS) is 16.3. The number of nitrogen functional groups attached to an aromatic ring is 1. The van der Waals surface area contributed by atoms with Crippen LogP contribution in [0.4, 0.5) is 5.82 Å². The molecule has 0 saturated carbocycles. The zero-order valence-electron chi connectivity index (χ0n) is 12.2. The lowest BCUT2D eigenvalue weighted by Crippen LogP contribution is -2.17. The summed E-state index contributed by atoms with van der Waals surface area (Å²) in [6.07, 6.45) is 7.92. The molecular weight excluding hydrogens is 380 g/mol. The van der Waals surface area contributed by atoms with Crippen molar-refractivity contribution in [3.05, 3.63) is 49.2 Å². The van der Waals surface area contributed by atoms with Crippen LogP contribution in [-0.2, 0) is 11.2 Å². The van der Waals surface area contributed by atoms with Gasteiger partial charge < -0.3 is 5.73 Å². The summed E-state index contributed by atoms with van der Waals surface area (Å²) in [5.41, 5.74) is 6.16. The van der Waals surface area contributed by atoms with Crippen LogP contribution in [0.3, 0.4) is 0 Å². The van der Waals surface area contributed by atoms with Crippen LogP contribution in [0.5, 0.6) is 0 Å². The van der Waals surface area contributed by atoms with Crippen LogP contribution < -0.4 is 11.3 Å². The molecule has 0 atom stereocenters. The van der Waals surface area contributed by atoms with Gasteiger partial charge in [0.05, 0.1) is 5.56 Å². The number of hydrogen-bond donors (Lipinski definition) is 1. The van der Waals surface area contributed by atoms with E-state index in [1.165, 1.54) is 28.0 Å². The Labute approximate surface area is 144 Å². The van der Waals surface area contributed by atoms with Gasteiger partial charge in [-0.2, -0.15) is 14.6 Å². The second-order valence-electron chi connectivity index (χ2n) is 4.98. The molecule has 0 unspecified atom stereocenters. The molecular formula is C15H13BrN4O2S. The topological polar surface area (TPSA) is 90.4 Å². The Balaban J connectivity index is 2.16. The van der Waals surface area contributed by atoms with Crippen LogP contribution >= 0.6 is 27.3 Å². The molecule has 0 saturated heterocycles. The van der Waals surface area contributed by atoms with E-state index >= 15 is 0 Å². The molecule has 0 spiro atoms. The lowest BCUT2D eigenvalue weighted by molar-refractivity contribution is -0.111. The zero-order chi connectivity index (χ0) is 16.6. The largest absolute Gasteiger partial charge is 0.383 e. The van der Waals surface area contributed by atoms with Gasteiger partial charge in [-0.1, -0.05) is 34.2 Å². The highest BCUT2D eigenvalue weighted by molar-refractivity contribution is 9.11. The van der Waals surface area contributed by atoms with E-state index in [1.54, 1.807) is 12.2 Å². The Morgan fingerprint density at radius 1 is 1.39 bits per heavy atom. The number of nitrogens with two attached hydrogens (primary N) is 1. The van der Waals surface area contributed by atoms with Crippen LogP contribution in [0, 0.1) is 0 Å². The number of fused-ring (bicyclic) bond motifs is 1. The number of carbonyl (C=O) groups is 1. The molecule has 3 rings (SSSR count). The maximum atomic E-state index is 12.3. The number of hydrogen-bond acceptors (Lipinski definition) is 6. The zero-order valence-corrected chi connectivity index (χ0v) is 14.6. The third kappa shape index (κ3) is 3.04. The smallest absolute Gasteiger partial charge is 0.283 e. The van der Waals surface area contributed by atoms with E-state index < -0.39 is 5.56 Å². The van der Waals surface area contributed by atoms with Gasteiger partial charge in [0.15, 0.2) is 5.78 Å². The van der Waals surface area contributed by atoms with Gasteiger partial charge in [0.1, 0.15) is 10.8 Å². The highest BCUT2D eigenvalue weighted by Crippen LogP contribution is 2.22. The number of halogens is 1. The van der Waals surface area contributed by atoms with Crippen molar-refractivity contribution in [2.45, 2.75) is 19.8 Å². The third-order valence-electron chi connectivity index (χ3n) is 3.27. The molecule has 0 radical (unpaired) electrons. The molecule has 8 heteroatoms. The number of aromatic nitrogens is 3. The molecule has 0 bridgehead atoms. The van der Waals surface area contributed by atoms with E-state index in [2.05, 4.69) is 32.9 Å². The van der Waals surface area contributed by atoms with Gasteiger partial charge in [-0.15, -0.1) is 0 Å². The summed E-state index contributed by atoms with van der Waals surface area (Å²) in [6, 6.07) is 0. The van der Waals surface area contributed by atoms with E-state index in [0.717, 1.165) is 22.3 Å². The van der Waals surface area contributed by atoms with Crippen LogP contribution in [0.2, 0.25) is 0 Å². The second kappa shape index (κ2) is 6.21. The maximum Gasteiger partial charge on any atom is 0.283 e. The quantitative estimate of drug-likeness (QED) is 0.810. The summed E-state index contributed by atoms with van der Waals surface area (Å²) in [5, 5.41) is 5.26. The van der Waals surface area contributed by atoms with Crippen molar-refractivity contribution >= 4 is 49.9 Å². The molecule has 0 fully saturated rings. The van der Waals surface area contributed by atoms with Crippen molar-refractivity contribution in [1.29, 1.82) is 0 Å². The number of rotatable bonds is 3. The summed E-state index contributed by atoms with van der Waals surface area (Å²) in [4.78, 5) is 28.7. The lowest BCUT2D eigenvalue weighted by Gasteiger charge is -2.05. The minimum atomic E-state index is -0.464. The van der Waals surface area contributed by atoms with Gasteiger partial charge in [-0.25, -0.2) is 0 Å².